The van der Waals surface area contributed by atoms with Crippen molar-refractivity contribution in [3.63, 3.8) is 0 Å². The molecule has 1 aromatic carbocycles. The van der Waals surface area contributed by atoms with Crippen LogP contribution in [0, 0.1) is 0 Å². The van der Waals surface area contributed by atoms with Crippen molar-refractivity contribution in [3.05, 3.63) is 39.2 Å². The van der Waals surface area contributed by atoms with Crippen molar-refractivity contribution in [2.24, 2.45) is 0 Å². The van der Waals surface area contributed by atoms with Crippen LogP contribution in [0.3, 0.4) is 0 Å². The second-order valence-electron chi connectivity index (χ2n) is 8.68. The van der Waals surface area contributed by atoms with E-state index < -0.39 is 0 Å². The second-order valence-corrected chi connectivity index (χ2v) is 12.7. The third kappa shape index (κ3) is 5.11. The van der Waals surface area contributed by atoms with Gasteiger partial charge in [-0.2, -0.15) is 0 Å². The fourth-order valence-corrected chi connectivity index (χ4v) is 7.04. The number of carbonyl (C=O) groups excluding carboxylic acids is 1. The highest BCUT2D eigenvalue weighted by Crippen LogP contribution is 2.42. The van der Waals surface area contributed by atoms with Crippen LogP contribution in [-0.2, 0) is 22.6 Å². The monoisotopic (exact) mass is 591 g/mol. The summed E-state index contributed by atoms with van der Waals surface area (Å²) in [5, 5.41) is 14.7. The van der Waals surface area contributed by atoms with Gasteiger partial charge in [-0.05, 0) is 49.6 Å². The van der Waals surface area contributed by atoms with E-state index in [0.717, 1.165) is 56.2 Å². The highest BCUT2D eigenvalue weighted by Gasteiger charge is 2.33. The van der Waals surface area contributed by atoms with E-state index in [-0.39, 0.29) is 17.3 Å². The molecule has 35 heavy (non-hydrogen) atoms. The molecule has 0 radical (unpaired) electrons. The van der Waals surface area contributed by atoms with Gasteiger partial charge in [-0.3, -0.25) is 4.79 Å². The fourth-order valence-electron chi connectivity index (χ4n) is 3.99. The number of benzene rings is 1. The molecule has 1 amide bonds. The van der Waals surface area contributed by atoms with Crippen LogP contribution in [0.4, 0.5) is 5.69 Å². The van der Waals surface area contributed by atoms with Gasteiger partial charge in [0.2, 0.25) is 5.91 Å². The predicted octanol–water partition coefficient (Wildman–Crippen LogP) is 6.58. The normalized spacial score (nSPS) is 17.7. The minimum Gasteiger partial charge on any atom is -0.369 e. The molecule has 5 rings (SSSR count). The molecule has 7 nitrogen and oxygen atoms in total. The SMILES string of the molecule is CCCSc1nc2sc3c(c2c2nnc(SCC(=O)Nc4ccc(Br)cc4)n12)C[C@@](C)(CC)OC3. The minimum absolute atomic E-state index is 0.0883. The van der Waals surface area contributed by atoms with Gasteiger partial charge in [0.05, 0.1) is 23.3 Å². The average molecular weight is 593 g/mol. The van der Waals surface area contributed by atoms with E-state index in [4.69, 9.17) is 9.72 Å². The Kier molecular flexibility index (Phi) is 7.41. The van der Waals surface area contributed by atoms with Crippen molar-refractivity contribution in [2.45, 2.75) is 62.6 Å². The van der Waals surface area contributed by atoms with Crippen LogP contribution in [0.25, 0.3) is 15.9 Å². The summed E-state index contributed by atoms with van der Waals surface area (Å²) >= 11 is 8.19. The lowest BCUT2D eigenvalue weighted by atomic mass is 9.90. The van der Waals surface area contributed by atoms with E-state index >= 15 is 0 Å². The van der Waals surface area contributed by atoms with E-state index in [1.807, 2.05) is 28.7 Å². The maximum atomic E-state index is 12.6. The Hall–Kier alpha value is -1.66. The Morgan fingerprint density at radius 3 is 2.77 bits per heavy atom. The fraction of sp³-hybridized carbons (Fsp3) is 0.417. The predicted molar refractivity (Wildman–Crippen MR) is 148 cm³/mol. The summed E-state index contributed by atoms with van der Waals surface area (Å²) in [6.45, 7) is 7.10. The number of halogens is 1. The molecular weight excluding hydrogens is 566 g/mol. The van der Waals surface area contributed by atoms with E-state index in [0.29, 0.717) is 11.8 Å². The van der Waals surface area contributed by atoms with Gasteiger partial charge in [-0.25, -0.2) is 9.38 Å². The Balaban J connectivity index is 1.48. The number of nitrogens with zero attached hydrogens (tertiary/aromatic N) is 4. The molecule has 1 N–H and O–H groups in total. The van der Waals surface area contributed by atoms with Crippen molar-refractivity contribution in [1.82, 2.24) is 19.6 Å². The summed E-state index contributed by atoms with van der Waals surface area (Å²) in [5.41, 5.74) is 2.68. The van der Waals surface area contributed by atoms with E-state index in [2.05, 4.69) is 52.2 Å². The van der Waals surface area contributed by atoms with Crippen molar-refractivity contribution in [1.29, 1.82) is 0 Å². The number of fused-ring (bicyclic) bond motifs is 5. The number of nitrogens with one attached hydrogen (secondary N) is 1. The van der Waals surface area contributed by atoms with Crippen LogP contribution in [0.15, 0.2) is 39.1 Å². The molecule has 184 valence electrons. The lowest BCUT2D eigenvalue weighted by molar-refractivity contribution is -0.113. The summed E-state index contributed by atoms with van der Waals surface area (Å²) in [4.78, 5) is 19.9. The third-order valence-electron chi connectivity index (χ3n) is 6.06. The molecule has 4 aromatic rings. The van der Waals surface area contributed by atoms with E-state index in [1.54, 1.807) is 23.1 Å². The van der Waals surface area contributed by atoms with Crippen LogP contribution < -0.4 is 5.32 Å². The van der Waals surface area contributed by atoms with Crippen molar-refractivity contribution < 1.29 is 9.53 Å². The molecule has 3 aromatic heterocycles. The molecule has 0 saturated carbocycles. The largest absolute Gasteiger partial charge is 0.369 e. The first-order valence-electron chi connectivity index (χ1n) is 11.5. The van der Waals surface area contributed by atoms with Crippen LogP contribution in [0.2, 0.25) is 0 Å². The first-order valence-corrected chi connectivity index (χ1v) is 15.1. The molecule has 0 fully saturated rings. The summed E-state index contributed by atoms with van der Waals surface area (Å²) in [5.74, 6) is 1.09. The Bertz CT molecular complexity index is 1390. The number of thioether (sulfide) groups is 2. The molecule has 0 spiro atoms. The molecule has 1 atom stereocenters. The van der Waals surface area contributed by atoms with Gasteiger partial charge < -0.3 is 10.1 Å². The highest BCUT2D eigenvalue weighted by molar-refractivity contribution is 9.10. The zero-order chi connectivity index (χ0) is 24.6. The number of hydrogen-bond donors (Lipinski definition) is 1. The van der Waals surface area contributed by atoms with E-state index in [9.17, 15) is 4.79 Å². The number of rotatable bonds is 8. The van der Waals surface area contributed by atoms with Crippen molar-refractivity contribution in [2.75, 3.05) is 16.8 Å². The standard InChI is InChI=1S/C24H26BrN5O2S3/c1-4-10-33-22-27-21-19(16-11-24(3,5-2)32-12-17(16)35-21)20-28-29-23(30(20)22)34-13-18(31)26-15-8-6-14(25)7-9-15/h6-9H,4-5,10-13H2,1-3H3,(H,26,31)/t24-/m1/s1. The molecule has 0 bridgehead atoms. The summed E-state index contributed by atoms with van der Waals surface area (Å²) in [6, 6.07) is 7.54. The van der Waals surface area contributed by atoms with Crippen molar-refractivity contribution >= 4 is 78.2 Å². The summed E-state index contributed by atoms with van der Waals surface area (Å²) in [7, 11) is 0. The summed E-state index contributed by atoms with van der Waals surface area (Å²) in [6.07, 6.45) is 2.82. The topological polar surface area (TPSA) is 81.4 Å². The van der Waals surface area contributed by atoms with Gasteiger partial charge in [0.15, 0.2) is 16.0 Å². The minimum atomic E-state index is -0.184. The molecular formula is C24H26BrN5O2S3. The maximum Gasteiger partial charge on any atom is 0.234 e. The number of aromatic nitrogens is 4. The lowest BCUT2D eigenvalue weighted by Gasteiger charge is -2.33. The van der Waals surface area contributed by atoms with Gasteiger partial charge >= 0.3 is 0 Å². The Morgan fingerprint density at radius 2 is 2.03 bits per heavy atom. The van der Waals surface area contributed by atoms with Gasteiger partial charge in [0.25, 0.3) is 0 Å². The molecule has 1 aliphatic rings. The quantitative estimate of drug-likeness (QED) is 0.183. The molecule has 11 heteroatoms. The van der Waals surface area contributed by atoms with Gasteiger partial charge in [0.1, 0.15) is 4.83 Å². The maximum absolute atomic E-state index is 12.6. The second kappa shape index (κ2) is 10.4. The molecule has 0 unspecified atom stereocenters. The lowest BCUT2D eigenvalue weighted by Crippen LogP contribution is -2.33. The number of carbonyl (C=O) groups is 1. The average Bonchev–Trinajstić information content (AvgIpc) is 3.43. The number of ether oxygens (including phenoxy) is 1. The number of thiophene rings is 1. The van der Waals surface area contributed by atoms with Crippen LogP contribution in [-0.4, -0.2) is 42.6 Å². The zero-order valence-electron chi connectivity index (χ0n) is 19.8. The Morgan fingerprint density at radius 1 is 1.23 bits per heavy atom. The van der Waals surface area contributed by atoms with Crippen LogP contribution in [0.5, 0.6) is 0 Å². The molecule has 1 aliphatic heterocycles. The van der Waals surface area contributed by atoms with Crippen molar-refractivity contribution in [3.8, 4) is 0 Å². The van der Waals surface area contributed by atoms with Gasteiger partial charge in [-0.15, -0.1) is 21.5 Å². The van der Waals surface area contributed by atoms with Crippen LogP contribution in [0.1, 0.15) is 44.1 Å². The van der Waals surface area contributed by atoms with E-state index in [1.165, 1.54) is 22.2 Å². The third-order valence-corrected chi connectivity index (χ3v) is 9.76. The van der Waals surface area contributed by atoms with Gasteiger partial charge in [-0.1, -0.05) is 53.3 Å². The first-order chi connectivity index (χ1) is 16.9. The number of hydrogen-bond acceptors (Lipinski definition) is 8. The first kappa shape index (κ1) is 25.0. The molecule has 4 heterocycles. The summed E-state index contributed by atoms with van der Waals surface area (Å²) < 4.78 is 9.19. The Labute approximate surface area is 225 Å². The number of amides is 1. The molecule has 0 saturated heterocycles. The number of anilines is 1. The molecule has 0 aliphatic carbocycles. The van der Waals surface area contributed by atoms with Crippen LogP contribution >= 0.6 is 50.8 Å². The van der Waals surface area contributed by atoms with Gasteiger partial charge in [0, 0.05) is 27.2 Å². The smallest absolute Gasteiger partial charge is 0.234 e. The zero-order valence-corrected chi connectivity index (χ0v) is 23.8. The highest BCUT2D eigenvalue weighted by atomic mass is 79.9.